The Bertz CT molecular complexity index is 618. The van der Waals surface area contributed by atoms with E-state index in [0.29, 0.717) is 6.42 Å². The van der Waals surface area contributed by atoms with E-state index in [1.807, 2.05) is 0 Å². The molecular weight excluding hydrogens is 294 g/mol. The molecule has 0 aliphatic heterocycles. The van der Waals surface area contributed by atoms with E-state index in [1.165, 1.54) is 18.2 Å². The van der Waals surface area contributed by atoms with Crippen LogP contribution in [0.2, 0.25) is 0 Å². The second-order valence-electron chi connectivity index (χ2n) is 5.28. The van der Waals surface area contributed by atoms with Crippen LogP contribution in [0, 0.1) is 10.1 Å². The maximum absolute atomic E-state index is 12.3. The zero-order valence-corrected chi connectivity index (χ0v) is 12.4. The molecule has 8 heteroatoms. The highest BCUT2D eigenvalue weighted by Crippen LogP contribution is 2.21. The van der Waals surface area contributed by atoms with Gasteiger partial charge in [0.05, 0.1) is 9.82 Å². The van der Waals surface area contributed by atoms with Gasteiger partial charge < -0.3 is 5.73 Å². The van der Waals surface area contributed by atoms with Crippen molar-refractivity contribution >= 4 is 15.7 Å². The number of hydrogen-bond donors (Lipinski definition) is 2. The van der Waals surface area contributed by atoms with Gasteiger partial charge in [-0.3, -0.25) is 10.1 Å². The van der Waals surface area contributed by atoms with Gasteiger partial charge >= 0.3 is 0 Å². The SMILES string of the molecule is NC1CCCCCC1NS(=O)(=O)c1cccc([N+](=O)[O-])c1. The highest BCUT2D eigenvalue weighted by molar-refractivity contribution is 7.89. The average Bonchev–Trinajstić information content (AvgIpc) is 2.64. The molecule has 0 radical (unpaired) electrons. The molecule has 1 aliphatic rings. The monoisotopic (exact) mass is 313 g/mol. The number of nitrogens with two attached hydrogens (primary N) is 1. The molecule has 1 aliphatic carbocycles. The number of rotatable bonds is 4. The molecular formula is C13H19N3O4S. The van der Waals surface area contributed by atoms with Gasteiger partial charge in [0.15, 0.2) is 0 Å². The fourth-order valence-electron chi connectivity index (χ4n) is 2.51. The summed E-state index contributed by atoms with van der Waals surface area (Å²) in [5.74, 6) is 0. The van der Waals surface area contributed by atoms with Crippen molar-refractivity contribution in [1.29, 1.82) is 0 Å². The number of nitrogens with zero attached hydrogens (tertiary/aromatic N) is 1. The van der Waals surface area contributed by atoms with E-state index in [4.69, 9.17) is 5.73 Å². The van der Waals surface area contributed by atoms with Crippen molar-refractivity contribution in [1.82, 2.24) is 4.72 Å². The zero-order chi connectivity index (χ0) is 15.5. The molecule has 1 aromatic rings. The van der Waals surface area contributed by atoms with Crippen molar-refractivity contribution < 1.29 is 13.3 Å². The summed E-state index contributed by atoms with van der Waals surface area (Å²) in [5.41, 5.74) is 5.76. The summed E-state index contributed by atoms with van der Waals surface area (Å²) in [6.45, 7) is 0. The summed E-state index contributed by atoms with van der Waals surface area (Å²) >= 11 is 0. The van der Waals surface area contributed by atoms with Gasteiger partial charge in [-0.1, -0.05) is 25.3 Å². The lowest BCUT2D eigenvalue weighted by Crippen LogP contribution is -2.46. The molecule has 0 spiro atoms. The third kappa shape index (κ3) is 3.99. The summed E-state index contributed by atoms with van der Waals surface area (Å²) in [7, 11) is -3.80. The Hall–Kier alpha value is -1.51. The fraction of sp³-hybridized carbons (Fsp3) is 0.538. The Kier molecular flexibility index (Phi) is 4.92. The molecule has 1 saturated carbocycles. The number of non-ortho nitro benzene ring substituents is 1. The fourth-order valence-corrected chi connectivity index (χ4v) is 3.88. The summed E-state index contributed by atoms with van der Waals surface area (Å²) in [4.78, 5) is 10.0. The molecule has 0 heterocycles. The molecule has 0 bridgehead atoms. The second kappa shape index (κ2) is 6.50. The quantitative estimate of drug-likeness (QED) is 0.497. The normalized spacial score (nSPS) is 23.5. The van der Waals surface area contributed by atoms with Crippen molar-refractivity contribution in [2.24, 2.45) is 5.73 Å². The zero-order valence-electron chi connectivity index (χ0n) is 11.6. The summed E-state index contributed by atoms with van der Waals surface area (Å²) in [5, 5.41) is 10.7. The Balaban J connectivity index is 2.21. The van der Waals surface area contributed by atoms with Crippen LogP contribution in [0.3, 0.4) is 0 Å². The molecule has 0 saturated heterocycles. The van der Waals surface area contributed by atoms with Crippen LogP contribution in [0.4, 0.5) is 5.69 Å². The molecule has 1 aromatic carbocycles. The highest BCUT2D eigenvalue weighted by Gasteiger charge is 2.26. The molecule has 3 N–H and O–H groups in total. The molecule has 2 atom stereocenters. The van der Waals surface area contributed by atoms with E-state index in [0.717, 1.165) is 31.7 Å². The Morgan fingerprint density at radius 1 is 1.24 bits per heavy atom. The Morgan fingerprint density at radius 2 is 1.95 bits per heavy atom. The minimum Gasteiger partial charge on any atom is -0.326 e. The van der Waals surface area contributed by atoms with E-state index in [1.54, 1.807) is 0 Å². The molecule has 7 nitrogen and oxygen atoms in total. The van der Waals surface area contributed by atoms with Crippen molar-refractivity contribution in [2.75, 3.05) is 0 Å². The number of hydrogen-bond acceptors (Lipinski definition) is 5. The minimum absolute atomic E-state index is 0.104. The van der Waals surface area contributed by atoms with Gasteiger partial charge in [0.2, 0.25) is 10.0 Å². The van der Waals surface area contributed by atoms with Crippen LogP contribution in [0.5, 0.6) is 0 Å². The van der Waals surface area contributed by atoms with Gasteiger partial charge in [-0.05, 0) is 18.9 Å². The van der Waals surface area contributed by atoms with E-state index in [9.17, 15) is 18.5 Å². The number of sulfonamides is 1. The smallest absolute Gasteiger partial charge is 0.270 e. The highest BCUT2D eigenvalue weighted by atomic mass is 32.2. The first-order valence-electron chi connectivity index (χ1n) is 6.92. The number of nitrogens with one attached hydrogen (secondary N) is 1. The van der Waals surface area contributed by atoms with E-state index in [2.05, 4.69) is 4.72 Å². The molecule has 21 heavy (non-hydrogen) atoms. The minimum atomic E-state index is -3.80. The van der Waals surface area contributed by atoms with Crippen molar-refractivity contribution in [2.45, 2.75) is 49.1 Å². The van der Waals surface area contributed by atoms with Gasteiger partial charge in [-0.25, -0.2) is 13.1 Å². The first-order chi connectivity index (χ1) is 9.90. The topological polar surface area (TPSA) is 115 Å². The lowest BCUT2D eigenvalue weighted by Gasteiger charge is -2.22. The van der Waals surface area contributed by atoms with Crippen LogP contribution in [-0.4, -0.2) is 25.4 Å². The second-order valence-corrected chi connectivity index (χ2v) is 7.00. The van der Waals surface area contributed by atoms with Crippen LogP contribution >= 0.6 is 0 Å². The predicted octanol–water partition coefficient (Wildman–Crippen LogP) is 1.53. The molecule has 1 fully saturated rings. The lowest BCUT2D eigenvalue weighted by atomic mass is 10.1. The van der Waals surface area contributed by atoms with Gasteiger partial charge in [0.1, 0.15) is 0 Å². The molecule has 2 unspecified atom stereocenters. The molecule has 116 valence electrons. The average molecular weight is 313 g/mol. The number of nitro benzene ring substituents is 1. The molecule has 2 rings (SSSR count). The van der Waals surface area contributed by atoms with Crippen molar-refractivity contribution in [3.05, 3.63) is 34.4 Å². The third-order valence-electron chi connectivity index (χ3n) is 3.71. The van der Waals surface area contributed by atoms with Crippen LogP contribution in [0.25, 0.3) is 0 Å². The maximum atomic E-state index is 12.3. The van der Waals surface area contributed by atoms with Crippen molar-refractivity contribution in [3.8, 4) is 0 Å². The van der Waals surface area contributed by atoms with Gasteiger partial charge in [-0.2, -0.15) is 0 Å². The van der Waals surface area contributed by atoms with Crippen LogP contribution in [0.15, 0.2) is 29.2 Å². The van der Waals surface area contributed by atoms with E-state index < -0.39 is 14.9 Å². The van der Waals surface area contributed by atoms with Crippen LogP contribution in [0.1, 0.15) is 32.1 Å². The van der Waals surface area contributed by atoms with E-state index in [-0.39, 0.29) is 22.7 Å². The van der Waals surface area contributed by atoms with Crippen LogP contribution < -0.4 is 10.5 Å². The predicted molar refractivity (Wildman–Crippen MR) is 78.3 cm³/mol. The Morgan fingerprint density at radius 3 is 2.67 bits per heavy atom. The largest absolute Gasteiger partial charge is 0.326 e. The van der Waals surface area contributed by atoms with Gasteiger partial charge in [0, 0.05) is 24.2 Å². The lowest BCUT2D eigenvalue weighted by molar-refractivity contribution is -0.385. The van der Waals surface area contributed by atoms with E-state index >= 15 is 0 Å². The summed E-state index contributed by atoms with van der Waals surface area (Å²) in [6, 6.07) is 4.48. The molecule has 0 aromatic heterocycles. The third-order valence-corrected chi connectivity index (χ3v) is 5.20. The molecule has 0 amide bonds. The maximum Gasteiger partial charge on any atom is 0.270 e. The summed E-state index contributed by atoms with van der Waals surface area (Å²) in [6.07, 6.45) is 4.44. The Labute approximate surface area is 123 Å². The standard InChI is InChI=1S/C13H19N3O4S/c14-12-7-2-1-3-8-13(12)15-21(19,20)11-6-4-5-10(9-11)16(17)18/h4-6,9,12-13,15H,1-3,7-8,14H2. The first-order valence-corrected chi connectivity index (χ1v) is 8.41. The van der Waals surface area contributed by atoms with Crippen LogP contribution in [-0.2, 0) is 10.0 Å². The van der Waals surface area contributed by atoms with Gasteiger partial charge in [0.25, 0.3) is 5.69 Å². The number of nitro groups is 1. The summed E-state index contributed by atoms with van der Waals surface area (Å²) < 4.78 is 27.3. The number of benzene rings is 1. The van der Waals surface area contributed by atoms with Gasteiger partial charge in [-0.15, -0.1) is 0 Å². The first kappa shape index (κ1) is 15.9. The van der Waals surface area contributed by atoms with Crippen molar-refractivity contribution in [3.63, 3.8) is 0 Å².